The number of hydrogen-bond donors (Lipinski definition) is 1. The predicted molar refractivity (Wildman–Crippen MR) is 95.9 cm³/mol. The summed E-state index contributed by atoms with van der Waals surface area (Å²) in [7, 11) is 0. The zero-order valence-corrected chi connectivity index (χ0v) is 15.2. The normalized spacial score (nSPS) is 22.2. The first kappa shape index (κ1) is 18.7. The van der Waals surface area contributed by atoms with Gasteiger partial charge in [-0.2, -0.15) is 0 Å². The Labute approximate surface area is 152 Å². The average Bonchev–Trinajstić information content (AvgIpc) is 2.56. The summed E-state index contributed by atoms with van der Waals surface area (Å²) in [5.41, 5.74) is 0.846. The van der Waals surface area contributed by atoms with E-state index in [0.717, 1.165) is 5.69 Å². The third-order valence-corrected chi connectivity index (χ3v) is 4.45. The van der Waals surface area contributed by atoms with E-state index < -0.39 is 17.7 Å². The van der Waals surface area contributed by atoms with Gasteiger partial charge in [-0.1, -0.05) is 6.07 Å². The SMILES string of the molecule is Cc1cncc(NCC(c2c(F)cccc2F)N2CC(C)OC(C)C2)n1. The lowest BCUT2D eigenvalue weighted by atomic mass is 10.0. The van der Waals surface area contributed by atoms with Gasteiger partial charge in [-0.3, -0.25) is 9.88 Å². The minimum Gasteiger partial charge on any atom is -0.373 e. The zero-order chi connectivity index (χ0) is 18.7. The lowest BCUT2D eigenvalue weighted by Crippen LogP contribution is -2.48. The Morgan fingerprint density at radius 2 is 1.85 bits per heavy atom. The van der Waals surface area contributed by atoms with Crippen LogP contribution in [0.4, 0.5) is 14.6 Å². The van der Waals surface area contributed by atoms with Gasteiger partial charge in [0.25, 0.3) is 0 Å². The number of benzene rings is 1. The van der Waals surface area contributed by atoms with Crippen molar-refractivity contribution in [3.63, 3.8) is 0 Å². The van der Waals surface area contributed by atoms with Crippen molar-refractivity contribution < 1.29 is 13.5 Å². The van der Waals surface area contributed by atoms with Gasteiger partial charge in [0.2, 0.25) is 0 Å². The first-order chi connectivity index (χ1) is 12.4. The molecule has 1 saturated heterocycles. The molecular weight excluding hydrogens is 338 g/mol. The second-order valence-electron chi connectivity index (χ2n) is 6.79. The standard InChI is InChI=1S/C19H24F2N4O/c1-12-7-22-9-18(24-12)23-8-17(19-15(20)5-4-6-16(19)21)25-10-13(2)26-14(3)11-25/h4-7,9,13-14,17H,8,10-11H2,1-3H3,(H,23,24). The summed E-state index contributed by atoms with van der Waals surface area (Å²) in [6.07, 6.45) is 3.25. The van der Waals surface area contributed by atoms with Crippen molar-refractivity contribution >= 4 is 5.82 Å². The van der Waals surface area contributed by atoms with Crippen LogP contribution in [-0.4, -0.2) is 46.7 Å². The minimum absolute atomic E-state index is 0.00477. The minimum atomic E-state index is -0.543. The molecule has 2 heterocycles. The summed E-state index contributed by atoms with van der Waals surface area (Å²) in [4.78, 5) is 10.5. The fraction of sp³-hybridized carbons (Fsp3) is 0.474. The molecule has 2 aromatic rings. The number of anilines is 1. The molecule has 140 valence electrons. The molecule has 0 spiro atoms. The molecule has 0 amide bonds. The molecule has 1 aliphatic heterocycles. The number of aryl methyl sites for hydroxylation is 1. The molecule has 26 heavy (non-hydrogen) atoms. The van der Waals surface area contributed by atoms with Crippen LogP contribution in [-0.2, 0) is 4.74 Å². The molecule has 0 radical (unpaired) electrons. The van der Waals surface area contributed by atoms with Gasteiger partial charge in [-0.05, 0) is 32.9 Å². The van der Waals surface area contributed by atoms with Crippen LogP contribution < -0.4 is 5.32 Å². The van der Waals surface area contributed by atoms with E-state index in [2.05, 4.69) is 20.2 Å². The van der Waals surface area contributed by atoms with Crippen molar-refractivity contribution in [1.29, 1.82) is 0 Å². The van der Waals surface area contributed by atoms with Gasteiger partial charge >= 0.3 is 0 Å². The molecule has 0 saturated carbocycles. The Kier molecular flexibility index (Phi) is 5.78. The van der Waals surface area contributed by atoms with Crippen molar-refractivity contribution in [1.82, 2.24) is 14.9 Å². The first-order valence-electron chi connectivity index (χ1n) is 8.80. The van der Waals surface area contributed by atoms with E-state index in [1.165, 1.54) is 18.2 Å². The molecule has 3 rings (SSSR count). The first-order valence-corrected chi connectivity index (χ1v) is 8.80. The van der Waals surface area contributed by atoms with E-state index in [1.807, 2.05) is 20.8 Å². The smallest absolute Gasteiger partial charge is 0.144 e. The number of aromatic nitrogens is 2. The zero-order valence-electron chi connectivity index (χ0n) is 15.2. The molecule has 1 aliphatic rings. The van der Waals surface area contributed by atoms with Crippen LogP contribution in [0.15, 0.2) is 30.6 Å². The highest BCUT2D eigenvalue weighted by Gasteiger charge is 2.32. The maximum atomic E-state index is 14.5. The molecular formula is C19H24F2N4O. The van der Waals surface area contributed by atoms with E-state index in [-0.39, 0.29) is 17.8 Å². The van der Waals surface area contributed by atoms with E-state index in [4.69, 9.17) is 4.74 Å². The number of halogens is 2. The second-order valence-corrected chi connectivity index (χ2v) is 6.79. The lowest BCUT2D eigenvalue weighted by Gasteiger charge is -2.40. The van der Waals surface area contributed by atoms with Gasteiger partial charge in [0, 0.05) is 31.4 Å². The summed E-state index contributed by atoms with van der Waals surface area (Å²) in [6.45, 7) is 7.30. The molecule has 0 bridgehead atoms. The Balaban J connectivity index is 1.88. The van der Waals surface area contributed by atoms with Crippen LogP contribution in [0, 0.1) is 18.6 Å². The van der Waals surface area contributed by atoms with Gasteiger partial charge in [0.05, 0.1) is 30.1 Å². The van der Waals surface area contributed by atoms with E-state index in [9.17, 15) is 8.78 Å². The summed E-state index contributed by atoms with van der Waals surface area (Å²) in [5.74, 6) is -0.501. The fourth-order valence-electron chi connectivity index (χ4n) is 3.46. The van der Waals surface area contributed by atoms with Gasteiger partial charge in [0.15, 0.2) is 0 Å². The van der Waals surface area contributed by atoms with Crippen LogP contribution in [0.25, 0.3) is 0 Å². The Morgan fingerprint density at radius 1 is 1.19 bits per heavy atom. The summed E-state index contributed by atoms with van der Waals surface area (Å²) in [6, 6.07) is 3.50. The van der Waals surface area contributed by atoms with Crippen molar-refractivity contribution in [3.8, 4) is 0 Å². The van der Waals surface area contributed by atoms with E-state index in [0.29, 0.717) is 25.5 Å². The number of nitrogens with one attached hydrogen (secondary N) is 1. The van der Waals surface area contributed by atoms with Crippen LogP contribution in [0.5, 0.6) is 0 Å². The quantitative estimate of drug-likeness (QED) is 0.884. The van der Waals surface area contributed by atoms with Crippen LogP contribution in [0.3, 0.4) is 0 Å². The van der Waals surface area contributed by atoms with E-state index >= 15 is 0 Å². The molecule has 1 aromatic heterocycles. The third kappa shape index (κ3) is 4.34. The van der Waals surface area contributed by atoms with Crippen LogP contribution in [0.2, 0.25) is 0 Å². The van der Waals surface area contributed by atoms with Gasteiger partial charge in [-0.25, -0.2) is 13.8 Å². The fourth-order valence-corrected chi connectivity index (χ4v) is 3.46. The summed E-state index contributed by atoms with van der Waals surface area (Å²) >= 11 is 0. The topological polar surface area (TPSA) is 50.3 Å². The van der Waals surface area contributed by atoms with Gasteiger partial charge in [0.1, 0.15) is 17.5 Å². The van der Waals surface area contributed by atoms with Crippen molar-refractivity contribution in [3.05, 3.63) is 53.5 Å². The highest BCUT2D eigenvalue weighted by atomic mass is 19.1. The highest BCUT2D eigenvalue weighted by Crippen LogP contribution is 2.29. The Bertz CT molecular complexity index is 728. The molecule has 1 fully saturated rings. The monoisotopic (exact) mass is 362 g/mol. The lowest BCUT2D eigenvalue weighted by molar-refractivity contribution is -0.0801. The molecule has 3 atom stereocenters. The van der Waals surface area contributed by atoms with Crippen LogP contribution in [0.1, 0.15) is 31.1 Å². The highest BCUT2D eigenvalue weighted by molar-refractivity contribution is 5.33. The van der Waals surface area contributed by atoms with Crippen molar-refractivity contribution in [2.45, 2.75) is 39.0 Å². The number of hydrogen-bond acceptors (Lipinski definition) is 5. The molecule has 0 aliphatic carbocycles. The number of rotatable bonds is 5. The van der Waals surface area contributed by atoms with Gasteiger partial charge in [-0.15, -0.1) is 0 Å². The predicted octanol–water partition coefficient (Wildman–Crippen LogP) is 3.33. The molecule has 1 aromatic carbocycles. The molecule has 5 nitrogen and oxygen atoms in total. The maximum absolute atomic E-state index is 14.5. The maximum Gasteiger partial charge on any atom is 0.144 e. The number of morpholine rings is 1. The largest absolute Gasteiger partial charge is 0.373 e. The van der Waals surface area contributed by atoms with Gasteiger partial charge < -0.3 is 10.1 Å². The summed E-state index contributed by atoms with van der Waals surface area (Å²) in [5, 5.41) is 3.18. The van der Waals surface area contributed by atoms with Crippen molar-refractivity contribution in [2.75, 3.05) is 25.0 Å². The Morgan fingerprint density at radius 3 is 2.46 bits per heavy atom. The average molecular weight is 362 g/mol. The number of ether oxygens (including phenoxy) is 1. The number of nitrogens with zero attached hydrogens (tertiary/aromatic N) is 3. The Hall–Kier alpha value is -2.12. The molecule has 7 heteroatoms. The van der Waals surface area contributed by atoms with E-state index in [1.54, 1.807) is 12.4 Å². The van der Waals surface area contributed by atoms with Crippen molar-refractivity contribution in [2.24, 2.45) is 0 Å². The van der Waals surface area contributed by atoms with Crippen LogP contribution >= 0.6 is 0 Å². The second kappa shape index (κ2) is 8.05. The third-order valence-electron chi connectivity index (χ3n) is 4.45. The molecule has 1 N–H and O–H groups in total. The summed E-state index contributed by atoms with van der Waals surface area (Å²) < 4.78 is 34.7. The molecule has 3 unspecified atom stereocenters.